The minimum Gasteiger partial charge on any atom is -0.0991 e. The van der Waals surface area contributed by atoms with E-state index in [1.807, 2.05) is 32.1 Å². The molecule has 0 atom stereocenters. The van der Waals surface area contributed by atoms with Gasteiger partial charge in [0.1, 0.15) is 0 Å². The Morgan fingerprint density at radius 3 is 2.00 bits per heavy atom. The van der Waals surface area contributed by atoms with Gasteiger partial charge in [-0.2, -0.15) is 0 Å². The highest BCUT2D eigenvalue weighted by Gasteiger charge is 1.87. The van der Waals surface area contributed by atoms with Gasteiger partial charge in [-0.05, 0) is 33.3 Å². The third kappa shape index (κ3) is 8.35. The van der Waals surface area contributed by atoms with Gasteiger partial charge in [-0.1, -0.05) is 78.5 Å². The molecule has 0 rings (SSSR count). The van der Waals surface area contributed by atoms with Gasteiger partial charge in [0.2, 0.25) is 0 Å². The molecule has 0 aliphatic carbocycles. The zero-order valence-corrected chi connectivity index (χ0v) is 12.0. The van der Waals surface area contributed by atoms with Crippen molar-refractivity contribution in [3.8, 4) is 0 Å². The maximum atomic E-state index is 3.70. The minimum atomic E-state index is 1.16. The van der Waals surface area contributed by atoms with Crippen LogP contribution in [-0.2, 0) is 0 Å². The molecule has 0 saturated carbocycles. The average Bonchev–Trinajstić information content (AvgIpc) is 2.33. The molecule has 0 aromatic heterocycles. The van der Waals surface area contributed by atoms with Gasteiger partial charge in [0.25, 0.3) is 0 Å². The molecular formula is C18H24. The second-order valence-electron chi connectivity index (χ2n) is 4.06. The van der Waals surface area contributed by atoms with E-state index in [0.29, 0.717) is 0 Å². The van der Waals surface area contributed by atoms with E-state index in [2.05, 4.69) is 56.9 Å². The maximum Gasteiger partial charge on any atom is -0.0254 e. The molecule has 0 nitrogen and oxygen atoms in total. The largest absolute Gasteiger partial charge is 0.0991 e. The molecule has 0 amide bonds. The summed E-state index contributed by atoms with van der Waals surface area (Å²) in [6, 6.07) is 0. The van der Waals surface area contributed by atoms with Crippen molar-refractivity contribution in [1.29, 1.82) is 0 Å². The lowest BCUT2D eigenvalue weighted by molar-refractivity contribution is 1.46. The predicted octanol–water partition coefficient (Wildman–Crippen LogP) is 5.70. The molecule has 0 fully saturated rings. The van der Waals surface area contributed by atoms with E-state index >= 15 is 0 Å². The van der Waals surface area contributed by atoms with E-state index in [9.17, 15) is 0 Å². The molecule has 0 heteroatoms. The lowest BCUT2D eigenvalue weighted by Crippen LogP contribution is -1.76. The summed E-state index contributed by atoms with van der Waals surface area (Å²) in [4.78, 5) is 0. The Hall–Kier alpha value is -1.82. The van der Waals surface area contributed by atoms with Crippen LogP contribution in [0.4, 0.5) is 0 Å². The number of hydrogen-bond donors (Lipinski definition) is 0. The van der Waals surface area contributed by atoms with E-state index in [1.54, 1.807) is 6.08 Å². The van der Waals surface area contributed by atoms with Crippen LogP contribution in [0.5, 0.6) is 0 Å². The highest BCUT2D eigenvalue weighted by molar-refractivity contribution is 5.40. The topological polar surface area (TPSA) is 0 Å². The molecule has 0 spiro atoms. The van der Waals surface area contributed by atoms with Crippen LogP contribution in [0.25, 0.3) is 0 Å². The van der Waals surface area contributed by atoms with Gasteiger partial charge in [-0.3, -0.25) is 0 Å². The van der Waals surface area contributed by atoms with Gasteiger partial charge >= 0.3 is 0 Å². The first-order valence-electron chi connectivity index (χ1n) is 6.25. The van der Waals surface area contributed by atoms with Crippen LogP contribution in [0.2, 0.25) is 0 Å². The first-order valence-corrected chi connectivity index (χ1v) is 6.25. The highest BCUT2D eigenvalue weighted by atomic mass is 13.9. The summed E-state index contributed by atoms with van der Waals surface area (Å²) >= 11 is 0. The van der Waals surface area contributed by atoms with Gasteiger partial charge in [-0.15, -0.1) is 0 Å². The minimum absolute atomic E-state index is 1.16. The van der Waals surface area contributed by atoms with Crippen molar-refractivity contribution in [1.82, 2.24) is 0 Å². The molecule has 0 aliphatic heterocycles. The molecule has 0 aromatic carbocycles. The summed E-state index contributed by atoms with van der Waals surface area (Å²) in [5, 5.41) is 0. The first kappa shape index (κ1) is 16.2. The summed E-state index contributed by atoms with van der Waals surface area (Å²) in [5.41, 5.74) is 3.63. The van der Waals surface area contributed by atoms with Gasteiger partial charge in [-0.25, -0.2) is 0 Å². The molecular weight excluding hydrogens is 216 g/mol. The Bertz CT molecular complexity index is 421. The summed E-state index contributed by atoms with van der Waals surface area (Å²) in [7, 11) is 0. The van der Waals surface area contributed by atoms with Crippen molar-refractivity contribution in [2.75, 3.05) is 0 Å². The van der Waals surface area contributed by atoms with Crippen molar-refractivity contribution in [3.63, 3.8) is 0 Å². The lowest BCUT2D eigenvalue weighted by Gasteiger charge is -1.96. The molecule has 0 N–H and O–H groups in total. The molecule has 0 heterocycles. The fourth-order valence-electron chi connectivity index (χ4n) is 1.45. The Morgan fingerprint density at radius 2 is 1.44 bits per heavy atom. The average molecular weight is 240 g/mol. The van der Waals surface area contributed by atoms with Gasteiger partial charge in [0, 0.05) is 0 Å². The van der Waals surface area contributed by atoms with Crippen LogP contribution in [0.1, 0.15) is 27.7 Å². The lowest BCUT2D eigenvalue weighted by atomic mass is 10.1. The molecule has 0 unspecified atom stereocenters. The Kier molecular flexibility index (Phi) is 9.30. The fraction of sp³-hybridized carbons (Fsp3) is 0.222. The second-order valence-corrected chi connectivity index (χ2v) is 4.06. The van der Waals surface area contributed by atoms with Crippen LogP contribution in [0, 0.1) is 0 Å². The van der Waals surface area contributed by atoms with Crippen molar-refractivity contribution in [2.45, 2.75) is 27.7 Å². The molecule has 0 bridgehead atoms. The summed E-state index contributed by atoms with van der Waals surface area (Å²) < 4.78 is 0. The molecule has 0 aliphatic rings. The van der Waals surface area contributed by atoms with Crippen LogP contribution >= 0.6 is 0 Å². The zero-order chi connectivity index (χ0) is 13.8. The van der Waals surface area contributed by atoms with Crippen LogP contribution in [0.15, 0.2) is 84.1 Å². The predicted molar refractivity (Wildman–Crippen MR) is 84.6 cm³/mol. The second kappa shape index (κ2) is 10.3. The molecule has 0 radical (unpaired) electrons. The normalized spacial score (nSPS) is 15.2. The maximum absolute atomic E-state index is 3.70. The van der Waals surface area contributed by atoms with E-state index in [4.69, 9.17) is 0 Å². The van der Waals surface area contributed by atoms with E-state index in [0.717, 1.165) is 5.57 Å². The number of hydrogen-bond acceptors (Lipinski definition) is 0. The van der Waals surface area contributed by atoms with Crippen molar-refractivity contribution < 1.29 is 0 Å². The Balaban J connectivity index is 5.17. The van der Waals surface area contributed by atoms with Crippen molar-refractivity contribution in [3.05, 3.63) is 84.1 Å². The van der Waals surface area contributed by atoms with E-state index in [1.165, 1.54) is 11.1 Å². The quantitative estimate of drug-likeness (QED) is 0.522. The highest BCUT2D eigenvalue weighted by Crippen LogP contribution is 2.08. The number of rotatable bonds is 6. The van der Waals surface area contributed by atoms with Crippen LogP contribution < -0.4 is 0 Å². The van der Waals surface area contributed by atoms with Gasteiger partial charge in [0.15, 0.2) is 0 Å². The third-order valence-corrected chi connectivity index (χ3v) is 2.22. The molecule has 0 saturated heterocycles. The monoisotopic (exact) mass is 240 g/mol. The van der Waals surface area contributed by atoms with Crippen molar-refractivity contribution >= 4 is 0 Å². The van der Waals surface area contributed by atoms with E-state index in [-0.39, 0.29) is 0 Å². The summed E-state index contributed by atoms with van der Waals surface area (Å²) in [6.07, 6.45) is 20.4. The fourth-order valence-corrected chi connectivity index (χ4v) is 1.45. The van der Waals surface area contributed by atoms with E-state index < -0.39 is 0 Å². The van der Waals surface area contributed by atoms with Crippen LogP contribution in [0.3, 0.4) is 0 Å². The summed E-state index contributed by atoms with van der Waals surface area (Å²) in [6.45, 7) is 11.9. The molecule has 18 heavy (non-hydrogen) atoms. The molecule has 96 valence electrons. The third-order valence-electron chi connectivity index (χ3n) is 2.22. The van der Waals surface area contributed by atoms with Crippen molar-refractivity contribution in [2.24, 2.45) is 0 Å². The molecule has 0 aromatic rings. The van der Waals surface area contributed by atoms with Crippen LogP contribution in [-0.4, -0.2) is 0 Å². The Labute approximate surface area is 112 Å². The SMILES string of the molecule is C=C\C=C/C(=C/C=C(C)/C=C\C)/C=C(C)/C=C\C. The zero-order valence-electron chi connectivity index (χ0n) is 12.0. The first-order chi connectivity index (χ1) is 8.63. The van der Waals surface area contributed by atoms with Gasteiger partial charge in [0.05, 0.1) is 0 Å². The summed E-state index contributed by atoms with van der Waals surface area (Å²) in [5.74, 6) is 0. The smallest absolute Gasteiger partial charge is 0.0254 e. The Morgan fingerprint density at radius 1 is 0.833 bits per heavy atom. The number of allylic oxidation sites excluding steroid dienone is 13. The van der Waals surface area contributed by atoms with Gasteiger partial charge < -0.3 is 0 Å². The standard InChI is InChI=1S/C18H24/c1-6-9-12-18(15-17(5)11-8-3)14-13-16(4)10-7-2/h6-15H,1H2,2-5H3/b10-7-,11-8-,12-9-,16-13+,17-15+,18-14-.